The second-order valence-corrected chi connectivity index (χ2v) is 16.5. The minimum Gasteiger partial charge on any atom is -0.343 e. The molecule has 58 heavy (non-hydrogen) atoms. The lowest BCUT2D eigenvalue weighted by molar-refractivity contribution is -0.141. The number of carbonyl (C=O) groups excluding carboxylic acids is 2. The summed E-state index contributed by atoms with van der Waals surface area (Å²) in [7, 11) is 7.46. The summed E-state index contributed by atoms with van der Waals surface area (Å²) in [6, 6.07) is 33.8. The third-order valence-corrected chi connectivity index (χ3v) is 13.0. The Balaban J connectivity index is 0.997. The van der Waals surface area contributed by atoms with Crippen LogP contribution in [0.15, 0.2) is 122 Å². The summed E-state index contributed by atoms with van der Waals surface area (Å²) >= 11 is 0. The van der Waals surface area contributed by atoms with Gasteiger partial charge < -0.3 is 19.8 Å². The lowest BCUT2D eigenvalue weighted by Gasteiger charge is -2.41. The average Bonchev–Trinajstić information content (AvgIpc) is 4.09. The normalized spacial score (nSPS) is 26.3. The van der Waals surface area contributed by atoms with Gasteiger partial charge in [0.1, 0.15) is 47.2 Å². The molecule has 2 amide bonds. The van der Waals surface area contributed by atoms with Crippen molar-refractivity contribution in [3.8, 4) is 11.1 Å². The molecule has 12 heteroatoms. The zero-order valence-corrected chi connectivity index (χ0v) is 32.7. The van der Waals surface area contributed by atoms with Gasteiger partial charge in [-0.1, -0.05) is 109 Å². The summed E-state index contributed by atoms with van der Waals surface area (Å²) in [5.41, 5.74) is 4.13. The Morgan fingerprint density at radius 2 is 0.966 bits per heavy atom. The fourth-order valence-electron chi connectivity index (χ4n) is 10.7. The van der Waals surface area contributed by atoms with Gasteiger partial charge >= 0.3 is 0 Å². The summed E-state index contributed by atoms with van der Waals surface area (Å²) in [5, 5.41) is 0. The summed E-state index contributed by atoms with van der Waals surface area (Å²) in [5.74, 6) is -0.497. The predicted molar refractivity (Wildman–Crippen MR) is 215 cm³/mol. The third-order valence-electron chi connectivity index (χ3n) is 13.0. The van der Waals surface area contributed by atoms with Gasteiger partial charge in [-0.3, -0.25) is 19.4 Å². The highest BCUT2D eigenvalue weighted by Crippen LogP contribution is 2.59. The van der Waals surface area contributed by atoms with E-state index in [1.807, 2.05) is 147 Å². The number of hydrogen-bond donors (Lipinski definition) is 2. The van der Waals surface area contributed by atoms with Gasteiger partial charge in [-0.2, -0.15) is 0 Å². The van der Waals surface area contributed by atoms with E-state index >= 15 is 8.78 Å². The second kappa shape index (κ2) is 13.3. The van der Waals surface area contributed by atoms with Gasteiger partial charge in [0.2, 0.25) is 11.8 Å². The highest BCUT2D eigenvalue weighted by Gasteiger charge is 2.66. The van der Waals surface area contributed by atoms with Crippen LogP contribution in [-0.2, 0) is 20.7 Å². The van der Waals surface area contributed by atoms with Crippen LogP contribution in [0.2, 0.25) is 0 Å². The summed E-state index contributed by atoms with van der Waals surface area (Å²) < 4.78 is 32.5. The molecule has 10 rings (SSSR count). The number of amides is 2. The highest BCUT2D eigenvalue weighted by molar-refractivity contribution is 5.87. The monoisotopic (exact) mass is 778 g/mol. The van der Waals surface area contributed by atoms with Crippen LogP contribution in [0.25, 0.3) is 11.1 Å². The molecule has 8 atom stereocenters. The zero-order chi connectivity index (χ0) is 40.1. The Morgan fingerprint density at radius 1 is 0.603 bits per heavy atom. The molecule has 2 unspecified atom stereocenters. The Hall–Kier alpha value is -5.98. The van der Waals surface area contributed by atoms with E-state index < -0.39 is 47.3 Å². The van der Waals surface area contributed by atoms with Crippen molar-refractivity contribution in [2.24, 2.45) is 0 Å². The number of nitrogens with zero attached hydrogens (tertiary/aromatic N) is 6. The van der Waals surface area contributed by atoms with Crippen molar-refractivity contribution in [2.75, 3.05) is 41.3 Å². The van der Waals surface area contributed by atoms with Crippen molar-refractivity contribution in [2.45, 2.75) is 47.3 Å². The smallest absolute Gasteiger partial charge is 0.245 e. The number of imidazole rings is 2. The zero-order valence-electron chi connectivity index (χ0n) is 32.7. The van der Waals surface area contributed by atoms with Gasteiger partial charge in [-0.25, -0.2) is 18.7 Å². The van der Waals surface area contributed by atoms with Crippen LogP contribution in [0.5, 0.6) is 0 Å². The largest absolute Gasteiger partial charge is 0.343 e. The Bertz CT molecular complexity index is 2330. The number of nitrogens with one attached hydrogen (secondary N) is 2. The molecule has 6 aromatic rings. The molecule has 294 valence electrons. The SMILES string of the molecule is CN(C)[C@@H](C(=O)N1C[C@@H](F)C2c3cnc([nH]3)[C@@]21c1ccc(-c2ccc([C@]34c5ncc([nH]5)C3[C@H](F)CN4C(=O)[C@@H](c3ccccc3)N(C)C)cc2)cc1)c1ccccc1. The van der Waals surface area contributed by atoms with Crippen LogP contribution in [0.4, 0.5) is 8.78 Å². The van der Waals surface area contributed by atoms with Crippen molar-refractivity contribution in [1.29, 1.82) is 0 Å². The number of fused-ring (bicyclic) bond motifs is 10. The number of likely N-dealkylation sites (tertiary alicyclic amines) is 2. The van der Waals surface area contributed by atoms with Gasteiger partial charge in [0.25, 0.3) is 0 Å². The summed E-state index contributed by atoms with van der Waals surface area (Å²) in [6.45, 7) is -0.108. The van der Waals surface area contributed by atoms with Crippen LogP contribution in [0.1, 0.15) is 69.2 Å². The van der Waals surface area contributed by atoms with Crippen molar-refractivity contribution in [1.82, 2.24) is 39.5 Å². The molecule has 6 heterocycles. The average molecular weight is 779 g/mol. The van der Waals surface area contributed by atoms with E-state index in [0.29, 0.717) is 23.0 Å². The fraction of sp³-hybridized carbons (Fsp3) is 0.304. The number of hydrogen-bond acceptors (Lipinski definition) is 6. The van der Waals surface area contributed by atoms with Crippen molar-refractivity contribution >= 4 is 11.8 Å². The predicted octanol–water partition coefficient (Wildman–Crippen LogP) is 6.45. The van der Waals surface area contributed by atoms with Crippen LogP contribution < -0.4 is 0 Å². The van der Waals surface area contributed by atoms with Gasteiger partial charge in [0, 0.05) is 23.8 Å². The number of H-pyrrole nitrogens is 2. The molecule has 4 aliphatic heterocycles. The molecule has 2 aromatic heterocycles. The maximum absolute atomic E-state index is 16.3. The van der Waals surface area contributed by atoms with Crippen LogP contribution in [0, 0.1) is 0 Å². The van der Waals surface area contributed by atoms with Crippen LogP contribution in [0.3, 0.4) is 0 Å². The number of halogens is 2. The van der Waals surface area contributed by atoms with Crippen molar-refractivity contribution in [3.05, 3.63) is 167 Å². The number of alkyl halides is 2. The molecular formula is C46H44F2N8O2. The van der Waals surface area contributed by atoms with Crippen LogP contribution >= 0.6 is 0 Å². The van der Waals surface area contributed by atoms with E-state index in [4.69, 9.17) is 0 Å². The first-order chi connectivity index (χ1) is 28.1. The molecule has 0 saturated carbocycles. The van der Waals surface area contributed by atoms with E-state index in [0.717, 1.165) is 33.4 Å². The number of aromatic nitrogens is 4. The maximum Gasteiger partial charge on any atom is 0.245 e. The number of aromatic amines is 2. The Morgan fingerprint density at radius 3 is 1.31 bits per heavy atom. The minimum atomic E-state index is -1.29. The van der Waals surface area contributed by atoms with E-state index in [-0.39, 0.29) is 24.9 Å². The summed E-state index contributed by atoms with van der Waals surface area (Å²) in [4.78, 5) is 52.4. The lowest BCUT2D eigenvalue weighted by Crippen LogP contribution is -2.51. The molecular weight excluding hydrogens is 735 g/mol. The standard InChI is InChI=1S/C46H44F2N8O2/c1-53(2)39(29-11-7-5-8-12-29)41(57)55-25-33(47)37-35-23-49-43(51-35)45(37,55)31-19-15-27(16-20-31)28-17-21-32(22-18-28)46-38(36-24-50-44(46)52-36)34(48)26-56(46)42(58)40(54(3)4)30-13-9-6-10-14-30/h5-24,33-34,37-40H,25-26H2,1-4H3,(H,49,51)(H,50,52)/t33-,34-,37?,38?,39-,40-,45-,46-/m1/s1. The maximum atomic E-state index is 16.3. The van der Waals surface area contributed by atoms with E-state index in [2.05, 4.69) is 19.9 Å². The molecule has 4 aromatic carbocycles. The van der Waals surface area contributed by atoms with Gasteiger partial charge in [-0.05, 0) is 61.6 Å². The van der Waals surface area contributed by atoms with E-state index in [9.17, 15) is 9.59 Å². The minimum absolute atomic E-state index is 0.0539. The quantitative estimate of drug-likeness (QED) is 0.175. The Labute approximate surface area is 335 Å². The lowest BCUT2D eigenvalue weighted by atomic mass is 9.76. The first-order valence-corrected chi connectivity index (χ1v) is 19.7. The molecule has 0 aliphatic carbocycles. The molecule has 4 bridgehead atoms. The number of rotatable bonds is 9. The number of benzene rings is 4. The second-order valence-electron chi connectivity index (χ2n) is 16.5. The first kappa shape index (κ1) is 36.4. The number of likely N-dealkylation sites (N-methyl/N-ethyl adjacent to an activating group) is 2. The first-order valence-electron chi connectivity index (χ1n) is 19.7. The summed E-state index contributed by atoms with van der Waals surface area (Å²) in [6.07, 6.45) is 0.772. The molecule has 0 radical (unpaired) electrons. The number of carbonyl (C=O) groups is 2. The third kappa shape index (κ3) is 4.94. The highest BCUT2D eigenvalue weighted by atomic mass is 19.1. The van der Waals surface area contributed by atoms with E-state index in [1.54, 1.807) is 22.2 Å². The van der Waals surface area contributed by atoms with Crippen molar-refractivity contribution < 1.29 is 18.4 Å². The van der Waals surface area contributed by atoms with Crippen molar-refractivity contribution in [3.63, 3.8) is 0 Å². The van der Waals surface area contributed by atoms with Gasteiger partial charge in [-0.15, -0.1) is 0 Å². The molecule has 2 N–H and O–H groups in total. The fourth-order valence-corrected chi connectivity index (χ4v) is 10.7. The van der Waals surface area contributed by atoms with Gasteiger partial charge in [0.15, 0.2) is 0 Å². The molecule has 4 aliphatic rings. The molecule has 0 spiro atoms. The molecule has 10 nitrogen and oxygen atoms in total. The topological polar surface area (TPSA) is 104 Å². The molecule has 2 fully saturated rings. The van der Waals surface area contributed by atoms with E-state index in [1.165, 1.54) is 0 Å². The molecule has 2 saturated heterocycles. The van der Waals surface area contributed by atoms with Gasteiger partial charge in [0.05, 0.1) is 24.9 Å². The van der Waals surface area contributed by atoms with Crippen LogP contribution in [-0.4, -0.2) is 105 Å². The Kier molecular flexibility index (Phi) is 8.33.